The summed E-state index contributed by atoms with van der Waals surface area (Å²) in [5.41, 5.74) is 0.471. The van der Waals surface area contributed by atoms with Gasteiger partial charge in [0.25, 0.3) is 0 Å². The minimum absolute atomic E-state index is 0.471. The largest absolute Gasteiger partial charge is 0.317 e. The molecular formula is C13H27N. The van der Waals surface area contributed by atoms with Gasteiger partial charge in [-0.15, -0.1) is 0 Å². The van der Waals surface area contributed by atoms with E-state index in [1.54, 1.807) is 0 Å². The molecule has 1 aliphatic rings. The number of rotatable bonds is 5. The standard InChI is InChI=1S/C13H27N/c1-6-11(13(2,3)4)9-12(14-5)10-7-8-10/h10-12,14H,6-9H2,1-5H3. The predicted molar refractivity (Wildman–Crippen MR) is 63.4 cm³/mol. The molecule has 2 atom stereocenters. The van der Waals surface area contributed by atoms with Crippen molar-refractivity contribution in [3.8, 4) is 0 Å². The lowest BCUT2D eigenvalue weighted by atomic mass is 9.75. The minimum Gasteiger partial charge on any atom is -0.317 e. The fourth-order valence-electron chi connectivity index (χ4n) is 2.48. The summed E-state index contributed by atoms with van der Waals surface area (Å²) in [6.45, 7) is 9.46. The fraction of sp³-hybridized carbons (Fsp3) is 1.00. The number of hydrogen-bond acceptors (Lipinski definition) is 1. The lowest BCUT2D eigenvalue weighted by molar-refractivity contribution is 0.193. The van der Waals surface area contributed by atoms with Crippen LogP contribution < -0.4 is 5.32 Å². The van der Waals surface area contributed by atoms with E-state index in [2.05, 4.69) is 40.1 Å². The van der Waals surface area contributed by atoms with Crippen molar-refractivity contribution < 1.29 is 0 Å². The third-order valence-corrected chi connectivity index (χ3v) is 3.82. The van der Waals surface area contributed by atoms with Crippen molar-refractivity contribution in [2.75, 3.05) is 7.05 Å². The second-order valence-corrected chi connectivity index (χ2v) is 5.94. The Hall–Kier alpha value is -0.0400. The molecule has 1 fully saturated rings. The number of hydrogen-bond donors (Lipinski definition) is 1. The van der Waals surface area contributed by atoms with Gasteiger partial charge in [-0.25, -0.2) is 0 Å². The Morgan fingerprint density at radius 3 is 2.14 bits per heavy atom. The average Bonchev–Trinajstić information content (AvgIpc) is 2.87. The molecule has 2 unspecified atom stereocenters. The van der Waals surface area contributed by atoms with Gasteiger partial charge in [0, 0.05) is 6.04 Å². The summed E-state index contributed by atoms with van der Waals surface area (Å²) < 4.78 is 0. The van der Waals surface area contributed by atoms with Crippen LogP contribution in [0.15, 0.2) is 0 Å². The van der Waals surface area contributed by atoms with Crippen molar-refractivity contribution >= 4 is 0 Å². The summed E-state index contributed by atoms with van der Waals surface area (Å²) in [5, 5.41) is 3.50. The van der Waals surface area contributed by atoms with Gasteiger partial charge in [-0.05, 0) is 43.6 Å². The van der Waals surface area contributed by atoms with Gasteiger partial charge in [-0.1, -0.05) is 34.1 Å². The Balaban J connectivity index is 2.45. The maximum atomic E-state index is 3.50. The number of nitrogens with one attached hydrogen (secondary N) is 1. The van der Waals surface area contributed by atoms with E-state index in [4.69, 9.17) is 0 Å². The van der Waals surface area contributed by atoms with Crippen LogP contribution in [0.4, 0.5) is 0 Å². The Morgan fingerprint density at radius 2 is 1.86 bits per heavy atom. The smallest absolute Gasteiger partial charge is 0.00951 e. The quantitative estimate of drug-likeness (QED) is 0.712. The maximum absolute atomic E-state index is 3.50. The first-order chi connectivity index (χ1) is 6.49. The van der Waals surface area contributed by atoms with Gasteiger partial charge in [0.1, 0.15) is 0 Å². The van der Waals surface area contributed by atoms with Crippen molar-refractivity contribution in [1.82, 2.24) is 5.32 Å². The fourth-order valence-corrected chi connectivity index (χ4v) is 2.48. The van der Waals surface area contributed by atoms with Crippen molar-refractivity contribution in [1.29, 1.82) is 0 Å². The van der Waals surface area contributed by atoms with Crippen LogP contribution in [0.2, 0.25) is 0 Å². The van der Waals surface area contributed by atoms with Gasteiger partial charge in [-0.3, -0.25) is 0 Å². The summed E-state index contributed by atoms with van der Waals surface area (Å²) >= 11 is 0. The Bertz CT molecular complexity index is 165. The predicted octanol–water partition coefficient (Wildman–Crippen LogP) is 3.45. The van der Waals surface area contributed by atoms with Crippen molar-refractivity contribution in [3.63, 3.8) is 0 Å². The zero-order valence-electron chi connectivity index (χ0n) is 10.6. The second kappa shape index (κ2) is 4.65. The first-order valence-electron chi connectivity index (χ1n) is 6.16. The van der Waals surface area contributed by atoms with E-state index >= 15 is 0 Å². The van der Waals surface area contributed by atoms with Crippen molar-refractivity contribution in [2.24, 2.45) is 17.3 Å². The van der Waals surface area contributed by atoms with E-state index in [0.29, 0.717) is 5.41 Å². The summed E-state index contributed by atoms with van der Waals surface area (Å²) in [5.74, 6) is 1.84. The summed E-state index contributed by atoms with van der Waals surface area (Å²) in [6.07, 6.45) is 5.58. The molecule has 0 saturated heterocycles. The highest BCUT2D eigenvalue weighted by atomic mass is 14.9. The lowest BCUT2D eigenvalue weighted by Gasteiger charge is -2.33. The minimum atomic E-state index is 0.471. The van der Waals surface area contributed by atoms with Gasteiger partial charge in [0.2, 0.25) is 0 Å². The monoisotopic (exact) mass is 197 g/mol. The first kappa shape index (κ1) is 12.0. The lowest BCUT2D eigenvalue weighted by Crippen LogP contribution is -2.33. The highest BCUT2D eigenvalue weighted by molar-refractivity contribution is 4.88. The molecule has 1 aliphatic carbocycles. The zero-order valence-corrected chi connectivity index (χ0v) is 10.6. The highest BCUT2D eigenvalue weighted by Gasteiger charge is 2.34. The summed E-state index contributed by atoms with van der Waals surface area (Å²) in [4.78, 5) is 0. The molecule has 0 spiro atoms. The van der Waals surface area contributed by atoms with E-state index in [1.165, 1.54) is 25.7 Å². The van der Waals surface area contributed by atoms with Crippen LogP contribution in [0, 0.1) is 17.3 Å². The first-order valence-corrected chi connectivity index (χ1v) is 6.16. The molecule has 1 rings (SSSR count). The topological polar surface area (TPSA) is 12.0 Å². The van der Waals surface area contributed by atoms with E-state index in [-0.39, 0.29) is 0 Å². The molecule has 1 N–H and O–H groups in total. The van der Waals surface area contributed by atoms with Gasteiger partial charge < -0.3 is 5.32 Å². The average molecular weight is 197 g/mol. The Kier molecular flexibility index (Phi) is 4.00. The third kappa shape index (κ3) is 3.27. The molecule has 0 radical (unpaired) electrons. The second-order valence-electron chi connectivity index (χ2n) is 5.94. The molecule has 1 nitrogen and oxygen atoms in total. The van der Waals surface area contributed by atoms with Crippen LogP contribution in [0.1, 0.15) is 53.4 Å². The van der Waals surface area contributed by atoms with Gasteiger partial charge in [0.15, 0.2) is 0 Å². The van der Waals surface area contributed by atoms with Crippen molar-refractivity contribution in [3.05, 3.63) is 0 Å². The van der Waals surface area contributed by atoms with Crippen LogP contribution in [-0.4, -0.2) is 13.1 Å². The highest BCUT2D eigenvalue weighted by Crippen LogP contribution is 2.39. The molecule has 0 amide bonds. The van der Waals surface area contributed by atoms with Gasteiger partial charge in [0.05, 0.1) is 0 Å². The van der Waals surface area contributed by atoms with Gasteiger partial charge >= 0.3 is 0 Å². The molecule has 84 valence electrons. The zero-order chi connectivity index (χ0) is 10.8. The molecule has 0 aliphatic heterocycles. The maximum Gasteiger partial charge on any atom is 0.00951 e. The van der Waals surface area contributed by atoms with Crippen LogP contribution in [0.25, 0.3) is 0 Å². The summed E-state index contributed by atoms with van der Waals surface area (Å²) in [6, 6.07) is 0.777. The van der Waals surface area contributed by atoms with Gasteiger partial charge in [-0.2, -0.15) is 0 Å². The Morgan fingerprint density at radius 1 is 1.29 bits per heavy atom. The molecule has 1 saturated carbocycles. The molecule has 0 aromatic heterocycles. The molecule has 0 aromatic carbocycles. The van der Waals surface area contributed by atoms with Crippen LogP contribution >= 0.6 is 0 Å². The van der Waals surface area contributed by atoms with Crippen LogP contribution in [0.5, 0.6) is 0 Å². The molecule has 0 aromatic rings. The van der Waals surface area contributed by atoms with E-state index < -0.39 is 0 Å². The molecular weight excluding hydrogens is 170 g/mol. The normalized spacial score (nSPS) is 22.1. The van der Waals surface area contributed by atoms with Crippen LogP contribution in [-0.2, 0) is 0 Å². The summed E-state index contributed by atoms with van der Waals surface area (Å²) in [7, 11) is 2.12. The molecule has 0 bridgehead atoms. The van der Waals surface area contributed by atoms with E-state index in [1.807, 2.05) is 0 Å². The molecule has 0 heterocycles. The molecule has 1 heteroatoms. The SMILES string of the molecule is CCC(CC(NC)C1CC1)C(C)(C)C. The molecule has 14 heavy (non-hydrogen) atoms. The van der Waals surface area contributed by atoms with Crippen LogP contribution in [0.3, 0.4) is 0 Å². The van der Waals surface area contributed by atoms with Crippen molar-refractivity contribution in [2.45, 2.75) is 59.4 Å². The Labute approximate surface area is 89.7 Å². The van der Waals surface area contributed by atoms with E-state index in [9.17, 15) is 0 Å². The third-order valence-electron chi connectivity index (χ3n) is 3.82. The van der Waals surface area contributed by atoms with E-state index in [0.717, 1.165) is 17.9 Å².